The van der Waals surface area contributed by atoms with Crippen molar-refractivity contribution in [1.29, 1.82) is 5.26 Å². The second-order valence-corrected chi connectivity index (χ2v) is 3.39. The van der Waals surface area contributed by atoms with E-state index in [2.05, 4.69) is 4.98 Å². The number of nitriles is 1. The highest BCUT2D eigenvalue weighted by Crippen LogP contribution is 2.34. The second-order valence-electron chi connectivity index (χ2n) is 2.99. The van der Waals surface area contributed by atoms with Gasteiger partial charge in [-0.2, -0.15) is 18.4 Å². The van der Waals surface area contributed by atoms with Crippen molar-refractivity contribution >= 4 is 11.6 Å². The molecule has 0 aliphatic rings. The van der Waals surface area contributed by atoms with Gasteiger partial charge in [-0.3, -0.25) is 0 Å². The molecule has 0 bridgehead atoms. The lowest BCUT2D eigenvalue weighted by molar-refractivity contribution is -0.141. The van der Waals surface area contributed by atoms with E-state index in [9.17, 15) is 22.0 Å². The molecule has 0 fully saturated rings. The zero-order valence-corrected chi connectivity index (χ0v) is 8.78. The van der Waals surface area contributed by atoms with E-state index in [0.29, 0.717) is 6.07 Å². The molecule has 2 nitrogen and oxygen atoms in total. The van der Waals surface area contributed by atoms with Crippen LogP contribution in [0.15, 0.2) is 6.07 Å². The third kappa shape index (κ3) is 3.03. The summed E-state index contributed by atoms with van der Waals surface area (Å²) >= 11 is 5.44. The minimum atomic E-state index is -4.86. The zero-order valence-electron chi connectivity index (χ0n) is 8.02. The molecule has 0 aromatic carbocycles. The molecule has 0 N–H and O–H groups in total. The number of nitrogens with zero attached hydrogens (tertiary/aromatic N) is 2. The van der Waals surface area contributed by atoms with Gasteiger partial charge in [0.1, 0.15) is 11.4 Å². The van der Waals surface area contributed by atoms with Gasteiger partial charge < -0.3 is 0 Å². The molecular weight excluding hydrogens is 267 g/mol. The monoisotopic (exact) mass is 270 g/mol. The van der Waals surface area contributed by atoms with Gasteiger partial charge in [-0.1, -0.05) is 11.6 Å². The molecule has 17 heavy (non-hydrogen) atoms. The number of halogens is 6. The maximum absolute atomic E-state index is 12.5. The summed E-state index contributed by atoms with van der Waals surface area (Å²) in [4.78, 5) is 2.81. The lowest BCUT2D eigenvalue weighted by Gasteiger charge is -2.12. The van der Waals surface area contributed by atoms with Gasteiger partial charge in [0.15, 0.2) is 0 Å². The largest absolute Gasteiger partial charge is 0.433 e. The minimum absolute atomic E-state index is 0.378. The van der Waals surface area contributed by atoms with Crippen molar-refractivity contribution in [1.82, 2.24) is 4.98 Å². The lowest BCUT2D eigenvalue weighted by Crippen LogP contribution is -2.12. The van der Waals surface area contributed by atoms with E-state index in [-0.39, 0.29) is 5.56 Å². The van der Waals surface area contributed by atoms with Gasteiger partial charge in [0, 0.05) is 10.6 Å². The van der Waals surface area contributed by atoms with Crippen molar-refractivity contribution in [2.75, 3.05) is 0 Å². The standard InChI is InChI=1S/C9H4ClF5N2/c10-5-3-6(9(13,14)15)17-7(8(11)12)4(5)1-2-16/h3,8H,1H2. The summed E-state index contributed by atoms with van der Waals surface area (Å²) in [6.07, 6.45) is -8.61. The van der Waals surface area contributed by atoms with Crippen LogP contribution in [0.4, 0.5) is 22.0 Å². The first-order valence-electron chi connectivity index (χ1n) is 4.19. The normalized spacial score (nSPS) is 11.6. The number of hydrogen-bond acceptors (Lipinski definition) is 2. The molecule has 0 saturated heterocycles. The molecule has 1 rings (SSSR count). The molecule has 0 amide bonds. The Morgan fingerprint density at radius 2 is 2.00 bits per heavy atom. The van der Waals surface area contributed by atoms with Crippen molar-refractivity contribution in [3.63, 3.8) is 0 Å². The number of alkyl halides is 5. The highest BCUT2D eigenvalue weighted by molar-refractivity contribution is 6.31. The van der Waals surface area contributed by atoms with Gasteiger partial charge in [-0.15, -0.1) is 0 Å². The van der Waals surface area contributed by atoms with Crippen LogP contribution >= 0.6 is 11.6 Å². The molecule has 0 aliphatic heterocycles. The Bertz CT molecular complexity index is 464. The van der Waals surface area contributed by atoms with Crippen molar-refractivity contribution < 1.29 is 22.0 Å². The molecule has 1 aromatic rings. The summed E-state index contributed by atoms with van der Waals surface area (Å²) in [6.45, 7) is 0. The third-order valence-electron chi connectivity index (χ3n) is 1.85. The van der Waals surface area contributed by atoms with Gasteiger partial charge in [-0.05, 0) is 6.07 Å². The van der Waals surface area contributed by atoms with Crippen LogP contribution in [0.25, 0.3) is 0 Å². The molecular formula is C9H4ClF5N2. The second kappa shape index (κ2) is 4.84. The van der Waals surface area contributed by atoms with Crippen LogP contribution < -0.4 is 0 Å². The molecule has 1 aromatic heterocycles. The fourth-order valence-corrected chi connectivity index (χ4v) is 1.41. The summed E-state index contributed by atoms with van der Waals surface area (Å²) in [5.74, 6) is 0. The molecule has 0 atom stereocenters. The fraction of sp³-hybridized carbons (Fsp3) is 0.333. The Labute approximate surface area is 97.6 Å². The maximum Gasteiger partial charge on any atom is 0.433 e. The van der Waals surface area contributed by atoms with Crippen molar-refractivity contribution in [2.45, 2.75) is 19.0 Å². The summed E-state index contributed by atoms with van der Waals surface area (Å²) < 4.78 is 61.9. The smallest absolute Gasteiger partial charge is 0.242 e. The van der Waals surface area contributed by atoms with Crippen LogP contribution in [0.3, 0.4) is 0 Å². The number of hydrogen-bond donors (Lipinski definition) is 0. The van der Waals surface area contributed by atoms with E-state index in [1.807, 2.05) is 0 Å². The Hall–Kier alpha value is -1.42. The molecule has 1 heterocycles. The maximum atomic E-state index is 12.5. The summed E-state index contributed by atoms with van der Waals surface area (Å²) in [5.41, 5.74) is -2.98. The molecule has 92 valence electrons. The van der Waals surface area contributed by atoms with Gasteiger partial charge in [0.2, 0.25) is 0 Å². The third-order valence-corrected chi connectivity index (χ3v) is 2.19. The molecule has 0 aliphatic carbocycles. The average Bonchev–Trinajstić information content (AvgIpc) is 2.18. The Balaban J connectivity index is 3.42. The van der Waals surface area contributed by atoms with Gasteiger partial charge >= 0.3 is 6.18 Å². The predicted molar refractivity (Wildman–Crippen MR) is 48.5 cm³/mol. The Morgan fingerprint density at radius 1 is 1.41 bits per heavy atom. The van der Waals surface area contributed by atoms with E-state index in [1.165, 1.54) is 6.07 Å². The summed E-state index contributed by atoms with van der Waals surface area (Å²) in [5, 5.41) is 7.84. The molecule has 0 radical (unpaired) electrons. The number of pyridine rings is 1. The minimum Gasteiger partial charge on any atom is -0.242 e. The van der Waals surface area contributed by atoms with Crippen molar-refractivity contribution in [2.24, 2.45) is 0 Å². The molecule has 0 saturated carbocycles. The first kappa shape index (κ1) is 13.6. The quantitative estimate of drug-likeness (QED) is 0.767. The average molecular weight is 271 g/mol. The van der Waals surface area contributed by atoms with Gasteiger partial charge in [0.25, 0.3) is 6.43 Å². The van der Waals surface area contributed by atoms with Crippen LogP contribution in [0.2, 0.25) is 5.02 Å². The van der Waals surface area contributed by atoms with E-state index in [0.717, 1.165) is 0 Å². The zero-order chi connectivity index (χ0) is 13.2. The number of rotatable bonds is 2. The van der Waals surface area contributed by atoms with Crippen molar-refractivity contribution in [3.05, 3.63) is 28.0 Å². The molecule has 0 spiro atoms. The first-order valence-corrected chi connectivity index (χ1v) is 4.56. The highest BCUT2D eigenvalue weighted by Gasteiger charge is 2.35. The van der Waals surface area contributed by atoms with Crippen molar-refractivity contribution in [3.8, 4) is 6.07 Å². The number of aromatic nitrogens is 1. The van der Waals surface area contributed by atoms with Crippen LogP contribution in [0, 0.1) is 11.3 Å². The molecule has 0 unspecified atom stereocenters. The molecule has 8 heteroatoms. The van der Waals surface area contributed by atoms with Gasteiger partial charge in [-0.25, -0.2) is 13.8 Å². The first-order chi connectivity index (χ1) is 7.77. The topological polar surface area (TPSA) is 36.7 Å². The SMILES string of the molecule is N#CCc1c(Cl)cc(C(F)(F)F)nc1C(F)F. The summed E-state index contributed by atoms with van der Waals surface area (Å²) in [6, 6.07) is 1.97. The lowest BCUT2D eigenvalue weighted by atomic mass is 10.1. The van der Waals surface area contributed by atoms with E-state index >= 15 is 0 Å². The Morgan fingerprint density at radius 3 is 2.41 bits per heavy atom. The van der Waals surface area contributed by atoms with Gasteiger partial charge in [0.05, 0.1) is 12.5 Å². The van der Waals surface area contributed by atoms with Crippen LogP contribution in [0.5, 0.6) is 0 Å². The van der Waals surface area contributed by atoms with Crippen LogP contribution in [-0.4, -0.2) is 4.98 Å². The van der Waals surface area contributed by atoms with Crippen LogP contribution in [0.1, 0.15) is 23.4 Å². The van der Waals surface area contributed by atoms with E-state index in [1.54, 1.807) is 0 Å². The highest BCUT2D eigenvalue weighted by atomic mass is 35.5. The fourth-order valence-electron chi connectivity index (χ4n) is 1.14. The Kier molecular flexibility index (Phi) is 3.88. The van der Waals surface area contributed by atoms with E-state index in [4.69, 9.17) is 16.9 Å². The predicted octanol–water partition coefficient (Wildman–Crippen LogP) is 3.76. The van der Waals surface area contributed by atoms with E-state index < -0.39 is 35.4 Å². The van der Waals surface area contributed by atoms with Crippen LogP contribution in [-0.2, 0) is 12.6 Å². The summed E-state index contributed by atoms with van der Waals surface area (Å²) in [7, 11) is 0.